The second kappa shape index (κ2) is 5.43. The summed E-state index contributed by atoms with van der Waals surface area (Å²) in [6, 6.07) is 5.96. The molecule has 0 saturated carbocycles. The molecule has 1 heterocycles. The van der Waals surface area contributed by atoms with E-state index in [-0.39, 0.29) is 17.3 Å². The molecule has 4 N–H and O–H groups in total. The number of benzene rings is 1. The van der Waals surface area contributed by atoms with Crippen LogP contribution in [0.4, 0.5) is 5.95 Å². The SMILES string of the molecule is Cc1cc(=O)[nH]c(NC(C(=O)O)c2ccc(O)cc2)n1. The first-order valence-electron chi connectivity index (χ1n) is 5.82. The van der Waals surface area contributed by atoms with Gasteiger partial charge in [0.1, 0.15) is 5.75 Å². The summed E-state index contributed by atoms with van der Waals surface area (Å²) in [4.78, 5) is 29.1. The standard InChI is InChI=1S/C13H13N3O4/c1-7-6-10(18)15-13(14-7)16-11(12(19)20)8-2-4-9(17)5-3-8/h2-6,11,17H,1H3,(H,19,20)(H2,14,15,16,18). The number of aromatic hydroxyl groups is 1. The topological polar surface area (TPSA) is 115 Å². The van der Waals surface area contributed by atoms with Crippen molar-refractivity contribution < 1.29 is 15.0 Å². The van der Waals surface area contributed by atoms with Gasteiger partial charge in [-0.05, 0) is 24.6 Å². The molecule has 1 atom stereocenters. The Morgan fingerprint density at radius 2 is 2.00 bits per heavy atom. The van der Waals surface area contributed by atoms with Crippen molar-refractivity contribution in [3.05, 3.63) is 51.9 Å². The van der Waals surface area contributed by atoms with Crippen molar-refractivity contribution in [2.75, 3.05) is 5.32 Å². The number of nitrogens with zero attached hydrogens (tertiary/aromatic N) is 1. The van der Waals surface area contributed by atoms with Crippen LogP contribution in [0.3, 0.4) is 0 Å². The second-order valence-electron chi connectivity index (χ2n) is 4.24. The molecular weight excluding hydrogens is 262 g/mol. The fraction of sp³-hybridized carbons (Fsp3) is 0.154. The Morgan fingerprint density at radius 3 is 2.55 bits per heavy atom. The quantitative estimate of drug-likeness (QED) is 0.662. The maximum atomic E-state index is 11.3. The number of aryl methyl sites for hydroxylation is 1. The lowest BCUT2D eigenvalue weighted by molar-refractivity contribution is -0.138. The van der Waals surface area contributed by atoms with Crippen LogP contribution in [-0.2, 0) is 4.79 Å². The van der Waals surface area contributed by atoms with Crippen LogP contribution < -0.4 is 10.9 Å². The molecule has 0 fully saturated rings. The Labute approximate surface area is 113 Å². The summed E-state index contributed by atoms with van der Waals surface area (Å²) in [7, 11) is 0. The van der Waals surface area contributed by atoms with Gasteiger partial charge in [-0.3, -0.25) is 9.78 Å². The van der Waals surface area contributed by atoms with Crippen LogP contribution >= 0.6 is 0 Å². The minimum absolute atomic E-state index is 0.0416. The van der Waals surface area contributed by atoms with E-state index in [1.54, 1.807) is 6.92 Å². The molecule has 2 aromatic rings. The van der Waals surface area contributed by atoms with Crippen LogP contribution in [-0.4, -0.2) is 26.2 Å². The maximum Gasteiger partial charge on any atom is 0.330 e. The van der Waals surface area contributed by atoms with Crippen molar-refractivity contribution in [3.63, 3.8) is 0 Å². The third-order valence-corrected chi connectivity index (χ3v) is 2.62. The summed E-state index contributed by atoms with van der Waals surface area (Å²) in [5, 5.41) is 21.1. The monoisotopic (exact) mass is 275 g/mol. The summed E-state index contributed by atoms with van der Waals surface area (Å²) >= 11 is 0. The molecule has 1 aromatic carbocycles. The van der Waals surface area contributed by atoms with E-state index in [4.69, 9.17) is 0 Å². The molecule has 0 amide bonds. The molecule has 0 bridgehead atoms. The van der Waals surface area contributed by atoms with Crippen molar-refractivity contribution in [3.8, 4) is 5.75 Å². The van der Waals surface area contributed by atoms with Crippen LogP contribution in [0.15, 0.2) is 35.1 Å². The van der Waals surface area contributed by atoms with Crippen molar-refractivity contribution >= 4 is 11.9 Å². The van der Waals surface area contributed by atoms with Gasteiger partial charge >= 0.3 is 5.97 Å². The zero-order valence-electron chi connectivity index (χ0n) is 10.6. The predicted molar refractivity (Wildman–Crippen MR) is 71.7 cm³/mol. The fourth-order valence-corrected chi connectivity index (χ4v) is 1.74. The second-order valence-corrected chi connectivity index (χ2v) is 4.24. The predicted octanol–water partition coefficient (Wildman–Crippen LogP) is 1.02. The number of carboxylic acid groups (broad SMARTS) is 1. The van der Waals surface area contributed by atoms with E-state index in [2.05, 4.69) is 15.3 Å². The zero-order chi connectivity index (χ0) is 14.7. The third kappa shape index (κ3) is 3.14. The first-order chi connectivity index (χ1) is 9.45. The van der Waals surface area contributed by atoms with Crippen molar-refractivity contribution in [1.29, 1.82) is 0 Å². The number of phenolic OH excluding ortho intramolecular Hbond substituents is 1. The molecule has 0 radical (unpaired) electrons. The normalized spacial score (nSPS) is 11.8. The number of aliphatic carboxylic acids is 1. The average Bonchev–Trinajstić information content (AvgIpc) is 2.36. The van der Waals surface area contributed by atoms with Gasteiger partial charge in [0.25, 0.3) is 5.56 Å². The average molecular weight is 275 g/mol. The molecule has 1 unspecified atom stereocenters. The van der Waals surface area contributed by atoms with Gasteiger partial charge in [-0.1, -0.05) is 12.1 Å². The highest BCUT2D eigenvalue weighted by Gasteiger charge is 2.20. The van der Waals surface area contributed by atoms with E-state index in [9.17, 15) is 19.8 Å². The lowest BCUT2D eigenvalue weighted by Crippen LogP contribution is -2.23. The summed E-state index contributed by atoms with van der Waals surface area (Å²) in [5.74, 6) is -1.00. The van der Waals surface area contributed by atoms with E-state index in [0.29, 0.717) is 11.3 Å². The molecule has 7 heteroatoms. The van der Waals surface area contributed by atoms with Gasteiger partial charge in [-0.15, -0.1) is 0 Å². The Kier molecular flexibility index (Phi) is 3.69. The number of hydrogen-bond acceptors (Lipinski definition) is 5. The first kappa shape index (κ1) is 13.6. The van der Waals surface area contributed by atoms with Gasteiger partial charge in [-0.2, -0.15) is 0 Å². The Hall–Kier alpha value is -2.83. The number of nitrogens with one attached hydrogen (secondary N) is 2. The van der Waals surface area contributed by atoms with E-state index in [1.165, 1.54) is 30.3 Å². The third-order valence-electron chi connectivity index (χ3n) is 2.62. The van der Waals surface area contributed by atoms with Gasteiger partial charge in [-0.25, -0.2) is 9.78 Å². The number of carbonyl (C=O) groups is 1. The number of carboxylic acids is 1. The molecule has 0 aliphatic rings. The summed E-state index contributed by atoms with van der Waals surface area (Å²) in [6.45, 7) is 1.64. The summed E-state index contributed by atoms with van der Waals surface area (Å²) in [6.07, 6.45) is 0. The smallest absolute Gasteiger partial charge is 0.330 e. The van der Waals surface area contributed by atoms with Crippen LogP contribution in [0.2, 0.25) is 0 Å². The number of anilines is 1. The highest BCUT2D eigenvalue weighted by molar-refractivity contribution is 5.78. The molecule has 0 saturated heterocycles. The minimum atomic E-state index is -1.13. The number of rotatable bonds is 4. The van der Waals surface area contributed by atoms with Gasteiger partial charge in [0.2, 0.25) is 5.95 Å². The largest absolute Gasteiger partial charge is 0.508 e. The number of aromatic amines is 1. The molecule has 104 valence electrons. The fourth-order valence-electron chi connectivity index (χ4n) is 1.74. The van der Waals surface area contributed by atoms with Crippen molar-refractivity contribution in [2.24, 2.45) is 0 Å². The van der Waals surface area contributed by atoms with Gasteiger partial charge in [0.05, 0.1) is 0 Å². The molecule has 0 aliphatic carbocycles. The van der Waals surface area contributed by atoms with Crippen LogP contribution in [0, 0.1) is 6.92 Å². The van der Waals surface area contributed by atoms with E-state index >= 15 is 0 Å². The highest BCUT2D eigenvalue weighted by Crippen LogP contribution is 2.20. The van der Waals surface area contributed by atoms with Crippen molar-refractivity contribution in [1.82, 2.24) is 9.97 Å². The zero-order valence-corrected chi connectivity index (χ0v) is 10.6. The molecule has 1 aromatic heterocycles. The van der Waals surface area contributed by atoms with Crippen molar-refractivity contribution in [2.45, 2.75) is 13.0 Å². The molecule has 2 rings (SSSR count). The lowest BCUT2D eigenvalue weighted by atomic mass is 10.1. The first-order valence-corrected chi connectivity index (χ1v) is 5.82. The molecule has 0 spiro atoms. The van der Waals surface area contributed by atoms with E-state index in [1.807, 2.05) is 0 Å². The van der Waals surface area contributed by atoms with Gasteiger partial charge < -0.3 is 15.5 Å². The number of hydrogen-bond donors (Lipinski definition) is 4. The highest BCUT2D eigenvalue weighted by atomic mass is 16.4. The number of H-pyrrole nitrogens is 1. The summed E-state index contributed by atoms with van der Waals surface area (Å²) < 4.78 is 0. The molecule has 20 heavy (non-hydrogen) atoms. The molecule has 7 nitrogen and oxygen atoms in total. The van der Waals surface area contributed by atoms with Crippen LogP contribution in [0.1, 0.15) is 17.3 Å². The maximum absolute atomic E-state index is 11.3. The Bertz CT molecular complexity index is 679. The van der Waals surface area contributed by atoms with Crippen LogP contribution in [0.25, 0.3) is 0 Å². The minimum Gasteiger partial charge on any atom is -0.508 e. The Morgan fingerprint density at radius 1 is 1.35 bits per heavy atom. The van der Waals surface area contributed by atoms with Gasteiger partial charge in [0, 0.05) is 11.8 Å². The lowest BCUT2D eigenvalue weighted by Gasteiger charge is -2.15. The number of phenols is 1. The van der Waals surface area contributed by atoms with Crippen LogP contribution in [0.5, 0.6) is 5.75 Å². The summed E-state index contributed by atoms with van der Waals surface area (Å²) in [5.41, 5.74) is 0.542. The number of aromatic nitrogens is 2. The van der Waals surface area contributed by atoms with Gasteiger partial charge in [0.15, 0.2) is 6.04 Å². The van der Waals surface area contributed by atoms with E-state index < -0.39 is 12.0 Å². The van der Waals surface area contributed by atoms with E-state index in [0.717, 1.165) is 0 Å². The Balaban J connectivity index is 2.32. The molecular formula is C13H13N3O4. The molecule has 0 aliphatic heterocycles.